The van der Waals surface area contributed by atoms with Gasteiger partial charge in [-0.2, -0.15) is 0 Å². The van der Waals surface area contributed by atoms with Crippen molar-refractivity contribution < 1.29 is 9.47 Å². The highest BCUT2D eigenvalue weighted by molar-refractivity contribution is 14.0. The number of guanidine groups is 1. The molecule has 0 aliphatic carbocycles. The summed E-state index contributed by atoms with van der Waals surface area (Å²) in [6.07, 6.45) is 0. The van der Waals surface area contributed by atoms with Gasteiger partial charge in [0.15, 0.2) is 5.96 Å². The quantitative estimate of drug-likeness (QED) is 0.236. The summed E-state index contributed by atoms with van der Waals surface area (Å²) in [6, 6.07) is 14.6. The number of benzene rings is 2. The van der Waals surface area contributed by atoms with Crippen LogP contribution in [0.2, 0.25) is 0 Å². The van der Waals surface area contributed by atoms with Gasteiger partial charge in [0.05, 0.1) is 6.61 Å². The van der Waals surface area contributed by atoms with Crippen molar-refractivity contribution in [1.82, 2.24) is 10.6 Å². The molecule has 2 N–H and O–H groups in total. The van der Waals surface area contributed by atoms with Gasteiger partial charge in [-0.25, -0.2) is 0 Å². The molecule has 2 aromatic carbocycles. The van der Waals surface area contributed by atoms with Gasteiger partial charge in [-0.05, 0) is 43.5 Å². The Hall–Kier alpha value is -1.80. The molecule has 0 amide bonds. The van der Waals surface area contributed by atoms with Crippen LogP contribution in [0.4, 0.5) is 0 Å². The molecule has 5 nitrogen and oxygen atoms in total. The minimum Gasteiger partial charge on any atom is -0.491 e. The van der Waals surface area contributed by atoms with Gasteiger partial charge in [0.1, 0.15) is 12.4 Å². The third-order valence-corrected chi connectivity index (χ3v) is 4.29. The maximum absolute atomic E-state index is 5.91. The summed E-state index contributed by atoms with van der Waals surface area (Å²) in [4.78, 5) is 4.32. The molecule has 0 saturated heterocycles. The number of aryl methyl sites for hydroxylation is 2. The highest BCUT2D eigenvalue weighted by Gasteiger charge is 2.06. The van der Waals surface area contributed by atoms with Crippen LogP contribution in [-0.4, -0.2) is 32.8 Å². The van der Waals surface area contributed by atoms with Crippen molar-refractivity contribution in [3.8, 4) is 5.75 Å². The summed E-state index contributed by atoms with van der Waals surface area (Å²) in [5.74, 6) is 1.65. The highest BCUT2D eigenvalue weighted by Crippen LogP contribution is 2.20. The van der Waals surface area contributed by atoms with Gasteiger partial charge < -0.3 is 20.1 Å². The Morgan fingerprint density at radius 3 is 2.36 bits per heavy atom. The van der Waals surface area contributed by atoms with Crippen LogP contribution in [0.3, 0.4) is 0 Å². The van der Waals surface area contributed by atoms with E-state index in [9.17, 15) is 0 Å². The zero-order chi connectivity index (χ0) is 19.5. The van der Waals surface area contributed by atoms with E-state index in [2.05, 4.69) is 71.9 Å². The Morgan fingerprint density at radius 2 is 1.68 bits per heavy atom. The van der Waals surface area contributed by atoms with Gasteiger partial charge >= 0.3 is 0 Å². The van der Waals surface area contributed by atoms with E-state index < -0.39 is 0 Å². The van der Waals surface area contributed by atoms with Crippen molar-refractivity contribution >= 4 is 29.9 Å². The third-order valence-electron chi connectivity index (χ3n) is 4.29. The first-order chi connectivity index (χ1) is 13.1. The number of ether oxygens (including phenoxy) is 2. The van der Waals surface area contributed by atoms with Crippen molar-refractivity contribution in [3.63, 3.8) is 0 Å². The van der Waals surface area contributed by atoms with E-state index in [4.69, 9.17) is 9.47 Å². The predicted molar refractivity (Wildman–Crippen MR) is 127 cm³/mol. The smallest absolute Gasteiger partial charge is 0.191 e. The van der Waals surface area contributed by atoms with Crippen molar-refractivity contribution in [1.29, 1.82) is 0 Å². The van der Waals surface area contributed by atoms with Gasteiger partial charge in [-0.1, -0.05) is 36.4 Å². The second-order valence-electron chi connectivity index (χ2n) is 6.36. The molecule has 0 radical (unpaired) electrons. The Bertz CT molecular complexity index is 750. The maximum atomic E-state index is 5.91. The van der Waals surface area contributed by atoms with E-state index >= 15 is 0 Å². The van der Waals surface area contributed by atoms with Crippen LogP contribution in [0, 0.1) is 13.8 Å². The first-order valence-corrected chi connectivity index (χ1v) is 9.43. The highest BCUT2D eigenvalue weighted by atomic mass is 127. The van der Waals surface area contributed by atoms with Gasteiger partial charge in [0, 0.05) is 32.3 Å². The van der Waals surface area contributed by atoms with Crippen LogP contribution < -0.4 is 15.4 Å². The molecule has 0 bridgehead atoms. The summed E-state index contributed by atoms with van der Waals surface area (Å²) in [7, 11) is 1.78. The third kappa shape index (κ3) is 8.06. The summed E-state index contributed by atoms with van der Waals surface area (Å²) in [5.41, 5.74) is 4.79. The van der Waals surface area contributed by atoms with Gasteiger partial charge in [0.25, 0.3) is 0 Å². The van der Waals surface area contributed by atoms with E-state index in [1.54, 1.807) is 7.05 Å². The predicted octanol–water partition coefficient (Wildman–Crippen LogP) is 4.20. The Morgan fingerprint density at radius 1 is 0.964 bits per heavy atom. The minimum atomic E-state index is 0. The SMILES string of the molecule is CCOCCOc1cc(C)ccc1CNC(=NC)NCc1ccccc1C.I. The normalized spacial score (nSPS) is 10.9. The molecule has 0 aliphatic rings. The molecule has 0 aliphatic heterocycles. The fraction of sp³-hybridized carbons (Fsp3) is 0.409. The molecule has 2 rings (SSSR count). The Balaban J connectivity index is 0.00000392. The number of halogens is 1. The number of hydrogen-bond acceptors (Lipinski definition) is 3. The summed E-state index contributed by atoms with van der Waals surface area (Å²) >= 11 is 0. The molecule has 154 valence electrons. The molecule has 6 heteroatoms. The minimum absolute atomic E-state index is 0. The maximum Gasteiger partial charge on any atom is 0.191 e. The number of rotatable bonds is 9. The molecular formula is C22H32IN3O2. The summed E-state index contributed by atoms with van der Waals surface area (Å²) < 4.78 is 11.3. The van der Waals surface area contributed by atoms with Gasteiger partial charge in [0.2, 0.25) is 0 Å². The van der Waals surface area contributed by atoms with Crippen molar-refractivity contribution in [2.45, 2.75) is 33.9 Å². The van der Waals surface area contributed by atoms with Crippen molar-refractivity contribution in [2.75, 3.05) is 26.9 Å². The van der Waals surface area contributed by atoms with Crippen LogP contribution in [-0.2, 0) is 17.8 Å². The lowest BCUT2D eigenvalue weighted by Crippen LogP contribution is -2.36. The molecule has 0 atom stereocenters. The average molecular weight is 497 g/mol. The zero-order valence-corrected chi connectivity index (χ0v) is 19.6. The molecular weight excluding hydrogens is 465 g/mol. The average Bonchev–Trinajstić information content (AvgIpc) is 2.68. The molecule has 2 aromatic rings. The van der Waals surface area contributed by atoms with Gasteiger partial charge in [-0.3, -0.25) is 4.99 Å². The lowest BCUT2D eigenvalue weighted by Gasteiger charge is -2.16. The number of nitrogens with one attached hydrogen (secondary N) is 2. The first-order valence-electron chi connectivity index (χ1n) is 9.43. The standard InChI is InChI=1S/C22H31N3O2.HI/c1-5-26-12-13-27-21-14-17(2)10-11-20(21)16-25-22(23-4)24-15-19-9-7-6-8-18(19)3;/h6-11,14H,5,12-13,15-16H2,1-4H3,(H2,23,24,25);1H. The van der Waals surface area contributed by atoms with Crippen LogP contribution in [0.5, 0.6) is 5.75 Å². The fourth-order valence-electron chi connectivity index (χ4n) is 2.68. The molecule has 0 fully saturated rings. The van der Waals surface area contributed by atoms with Crippen molar-refractivity contribution in [3.05, 3.63) is 64.7 Å². The lowest BCUT2D eigenvalue weighted by molar-refractivity contribution is 0.110. The topological polar surface area (TPSA) is 54.9 Å². The monoisotopic (exact) mass is 497 g/mol. The van der Waals surface area contributed by atoms with Crippen LogP contribution in [0.25, 0.3) is 0 Å². The molecule has 0 saturated carbocycles. The number of hydrogen-bond donors (Lipinski definition) is 2. The fourth-order valence-corrected chi connectivity index (χ4v) is 2.68. The number of aliphatic imine (C=N–C) groups is 1. The van der Waals surface area contributed by atoms with E-state index in [0.717, 1.165) is 23.8 Å². The van der Waals surface area contributed by atoms with Crippen LogP contribution >= 0.6 is 24.0 Å². The van der Waals surface area contributed by atoms with Crippen LogP contribution in [0.15, 0.2) is 47.5 Å². The first kappa shape index (κ1) is 24.2. The number of nitrogens with zero attached hydrogens (tertiary/aromatic N) is 1. The second kappa shape index (κ2) is 13.4. The van der Waals surface area contributed by atoms with Crippen LogP contribution in [0.1, 0.15) is 29.2 Å². The Kier molecular flexibility index (Phi) is 11.6. The van der Waals surface area contributed by atoms with E-state index in [-0.39, 0.29) is 24.0 Å². The molecule has 0 spiro atoms. The van der Waals surface area contributed by atoms with Crippen molar-refractivity contribution in [2.24, 2.45) is 4.99 Å². The van der Waals surface area contributed by atoms with E-state index in [1.807, 2.05) is 6.92 Å². The van der Waals surface area contributed by atoms with E-state index in [1.165, 1.54) is 16.7 Å². The second-order valence-corrected chi connectivity index (χ2v) is 6.36. The largest absolute Gasteiger partial charge is 0.491 e. The van der Waals surface area contributed by atoms with E-state index in [0.29, 0.717) is 26.4 Å². The van der Waals surface area contributed by atoms with Gasteiger partial charge in [-0.15, -0.1) is 24.0 Å². The Labute approximate surface area is 186 Å². The molecule has 0 heterocycles. The molecule has 0 unspecified atom stereocenters. The zero-order valence-electron chi connectivity index (χ0n) is 17.2. The summed E-state index contributed by atoms with van der Waals surface area (Å²) in [6.45, 7) is 9.38. The molecule has 0 aromatic heterocycles. The molecule has 28 heavy (non-hydrogen) atoms. The lowest BCUT2D eigenvalue weighted by atomic mass is 10.1. The summed E-state index contributed by atoms with van der Waals surface area (Å²) in [5, 5.41) is 6.73.